The van der Waals surface area contributed by atoms with E-state index in [2.05, 4.69) is 103 Å². The summed E-state index contributed by atoms with van der Waals surface area (Å²) < 4.78 is 2.57. The minimum atomic E-state index is 0.00984. The average Bonchev–Trinajstić information content (AvgIpc) is 3.46. The molecule has 0 aliphatic rings. The third-order valence-corrected chi connectivity index (χ3v) is 9.34. The fourth-order valence-electron chi connectivity index (χ4n) is 6.79. The SMILES string of the molecule is CCCCCCCCCCC[n+]1cc[nH]c1C(CCCCCCCCC)C(C)(Cc1ccccc1)c1ccccc1. The van der Waals surface area contributed by atoms with Crippen LogP contribution in [0.4, 0.5) is 0 Å². The summed E-state index contributed by atoms with van der Waals surface area (Å²) in [5, 5.41) is 0. The Labute approximate surface area is 253 Å². The largest absolute Gasteiger partial charge is 0.258 e. The van der Waals surface area contributed by atoms with Gasteiger partial charge in [0.1, 0.15) is 12.4 Å². The molecule has 3 rings (SSSR count). The molecule has 226 valence electrons. The van der Waals surface area contributed by atoms with Crippen molar-refractivity contribution in [1.82, 2.24) is 4.98 Å². The molecule has 2 aromatic carbocycles. The molecule has 2 heteroatoms. The number of benzene rings is 2. The topological polar surface area (TPSA) is 19.7 Å². The molecule has 2 unspecified atom stereocenters. The van der Waals surface area contributed by atoms with Gasteiger partial charge in [0, 0.05) is 5.41 Å². The first-order chi connectivity index (χ1) is 20.2. The minimum absolute atomic E-state index is 0.00984. The molecule has 0 aliphatic heterocycles. The molecule has 1 heterocycles. The molecule has 1 aromatic heterocycles. The molecule has 0 radical (unpaired) electrons. The number of nitrogens with one attached hydrogen (secondary N) is 1. The Kier molecular flexibility index (Phi) is 15.9. The van der Waals surface area contributed by atoms with E-state index in [1.807, 2.05) is 0 Å². The lowest BCUT2D eigenvalue weighted by atomic mass is 9.66. The van der Waals surface area contributed by atoms with Crippen molar-refractivity contribution in [3.63, 3.8) is 0 Å². The van der Waals surface area contributed by atoms with Crippen LogP contribution in [0, 0.1) is 0 Å². The van der Waals surface area contributed by atoms with Crippen LogP contribution in [0.3, 0.4) is 0 Å². The van der Waals surface area contributed by atoms with E-state index in [4.69, 9.17) is 0 Å². The van der Waals surface area contributed by atoms with Crippen molar-refractivity contribution in [2.24, 2.45) is 0 Å². The zero-order valence-corrected chi connectivity index (χ0v) is 26.9. The van der Waals surface area contributed by atoms with Crippen molar-refractivity contribution in [3.05, 3.63) is 90.0 Å². The number of aromatic nitrogens is 2. The Hall–Kier alpha value is -2.35. The molecule has 0 bridgehead atoms. The second-order valence-electron chi connectivity index (χ2n) is 12.8. The van der Waals surface area contributed by atoms with Crippen LogP contribution in [-0.4, -0.2) is 4.98 Å². The summed E-state index contributed by atoms with van der Waals surface area (Å²) in [4.78, 5) is 3.78. The van der Waals surface area contributed by atoms with Crippen LogP contribution in [-0.2, 0) is 18.4 Å². The van der Waals surface area contributed by atoms with E-state index in [1.165, 1.54) is 126 Å². The summed E-state index contributed by atoms with van der Waals surface area (Å²) in [6.07, 6.45) is 28.7. The first-order valence-corrected chi connectivity index (χ1v) is 17.3. The highest BCUT2D eigenvalue weighted by Gasteiger charge is 2.41. The average molecular weight is 558 g/mol. The summed E-state index contributed by atoms with van der Waals surface area (Å²) in [5.41, 5.74) is 2.90. The lowest BCUT2D eigenvalue weighted by Gasteiger charge is -2.37. The van der Waals surface area contributed by atoms with E-state index in [0.29, 0.717) is 5.92 Å². The molecule has 0 saturated heterocycles. The summed E-state index contributed by atoms with van der Waals surface area (Å²) >= 11 is 0. The van der Waals surface area contributed by atoms with Crippen LogP contribution in [0.25, 0.3) is 0 Å². The Morgan fingerprint density at radius 2 is 1.15 bits per heavy atom. The van der Waals surface area contributed by atoms with Crippen LogP contribution >= 0.6 is 0 Å². The number of nitrogens with zero attached hydrogens (tertiary/aromatic N) is 1. The number of hydrogen-bond donors (Lipinski definition) is 1. The van der Waals surface area contributed by atoms with E-state index < -0.39 is 0 Å². The van der Waals surface area contributed by atoms with Crippen LogP contribution in [0.2, 0.25) is 0 Å². The van der Waals surface area contributed by atoms with Crippen LogP contribution in [0.1, 0.15) is 153 Å². The second-order valence-corrected chi connectivity index (χ2v) is 12.8. The smallest absolute Gasteiger partial charge is 0.247 e. The van der Waals surface area contributed by atoms with Gasteiger partial charge in [-0.05, 0) is 36.8 Å². The number of aryl methyl sites for hydroxylation is 1. The van der Waals surface area contributed by atoms with Gasteiger partial charge in [-0.15, -0.1) is 0 Å². The lowest BCUT2D eigenvalue weighted by molar-refractivity contribution is -0.705. The van der Waals surface area contributed by atoms with Gasteiger partial charge in [-0.2, -0.15) is 0 Å². The molecule has 0 saturated carbocycles. The van der Waals surface area contributed by atoms with E-state index in [-0.39, 0.29) is 5.41 Å². The highest BCUT2D eigenvalue weighted by molar-refractivity contribution is 5.32. The number of rotatable bonds is 23. The van der Waals surface area contributed by atoms with E-state index in [9.17, 15) is 0 Å². The van der Waals surface area contributed by atoms with Gasteiger partial charge in [-0.1, -0.05) is 171 Å². The third kappa shape index (κ3) is 11.4. The first-order valence-electron chi connectivity index (χ1n) is 17.3. The molecule has 2 atom stereocenters. The molecule has 1 N–H and O–H groups in total. The van der Waals surface area contributed by atoms with Crippen LogP contribution < -0.4 is 4.57 Å². The Bertz CT molecular complexity index is 1020. The Morgan fingerprint density at radius 3 is 1.73 bits per heavy atom. The van der Waals surface area contributed by atoms with E-state index in [1.54, 1.807) is 0 Å². The standard InChI is InChI=1S/C39H60N2/c1-4-6-8-10-12-13-15-17-25-32-41-33-31-40-38(41)37(30-24-16-14-11-9-7-5-2)39(3,36-28-22-19-23-29-36)34-35-26-20-18-21-27-35/h18-23,26-29,31,33,37H,4-17,24-25,30,32,34H2,1-3H3/p+1. The molecule has 3 aromatic rings. The predicted octanol–water partition coefficient (Wildman–Crippen LogP) is 11.3. The normalized spacial score (nSPS) is 13.7. The lowest BCUT2D eigenvalue weighted by Crippen LogP contribution is -2.43. The summed E-state index contributed by atoms with van der Waals surface area (Å²) in [7, 11) is 0. The summed E-state index contributed by atoms with van der Waals surface area (Å²) in [6.45, 7) is 8.27. The van der Waals surface area contributed by atoms with Gasteiger partial charge >= 0.3 is 0 Å². The molecule has 0 fully saturated rings. The van der Waals surface area contributed by atoms with Crippen molar-refractivity contribution in [3.8, 4) is 0 Å². The highest BCUT2D eigenvalue weighted by atomic mass is 15.1. The van der Waals surface area contributed by atoms with Crippen LogP contribution in [0.15, 0.2) is 73.1 Å². The van der Waals surface area contributed by atoms with Gasteiger partial charge in [-0.3, -0.25) is 0 Å². The molecule has 0 spiro atoms. The number of unbranched alkanes of at least 4 members (excludes halogenated alkanes) is 14. The molecule has 41 heavy (non-hydrogen) atoms. The van der Waals surface area contributed by atoms with Gasteiger partial charge in [-0.25, -0.2) is 9.55 Å². The van der Waals surface area contributed by atoms with Crippen molar-refractivity contribution < 1.29 is 4.57 Å². The fourth-order valence-corrected chi connectivity index (χ4v) is 6.79. The number of H-pyrrole nitrogens is 1. The van der Waals surface area contributed by atoms with E-state index >= 15 is 0 Å². The third-order valence-electron chi connectivity index (χ3n) is 9.34. The molecular weight excluding hydrogens is 496 g/mol. The zero-order valence-electron chi connectivity index (χ0n) is 26.9. The number of imidazole rings is 1. The van der Waals surface area contributed by atoms with Gasteiger partial charge in [0.15, 0.2) is 0 Å². The quantitative estimate of drug-likeness (QED) is 0.0883. The van der Waals surface area contributed by atoms with Crippen molar-refractivity contribution >= 4 is 0 Å². The zero-order chi connectivity index (χ0) is 29.0. The van der Waals surface area contributed by atoms with Gasteiger partial charge < -0.3 is 0 Å². The molecular formula is C39H61N2+. The summed E-state index contributed by atoms with van der Waals surface area (Å²) in [6, 6.07) is 22.5. The maximum atomic E-state index is 3.78. The predicted molar refractivity (Wildman–Crippen MR) is 178 cm³/mol. The maximum Gasteiger partial charge on any atom is 0.258 e. The van der Waals surface area contributed by atoms with E-state index in [0.717, 1.165) is 13.0 Å². The molecule has 2 nitrogen and oxygen atoms in total. The Morgan fingerprint density at radius 1 is 0.634 bits per heavy atom. The highest BCUT2D eigenvalue weighted by Crippen LogP contribution is 2.43. The number of hydrogen-bond acceptors (Lipinski definition) is 0. The van der Waals surface area contributed by atoms with Crippen molar-refractivity contribution in [1.29, 1.82) is 0 Å². The number of aromatic amines is 1. The fraction of sp³-hybridized carbons (Fsp3) is 0.615. The first kappa shape index (κ1) is 33.2. The van der Waals surface area contributed by atoms with Crippen LogP contribution in [0.5, 0.6) is 0 Å². The molecule has 0 aliphatic carbocycles. The Balaban J connectivity index is 1.74. The van der Waals surface area contributed by atoms with Gasteiger partial charge in [0.25, 0.3) is 5.82 Å². The monoisotopic (exact) mass is 557 g/mol. The van der Waals surface area contributed by atoms with Crippen molar-refractivity contribution in [2.75, 3.05) is 0 Å². The minimum Gasteiger partial charge on any atom is -0.247 e. The summed E-state index contributed by atoms with van der Waals surface area (Å²) in [5.74, 6) is 1.87. The second kappa shape index (κ2) is 19.7. The van der Waals surface area contributed by atoms with Gasteiger partial charge in [0.2, 0.25) is 0 Å². The van der Waals surface area contributed by atoms with Crippen molar-refractivity contribution in [2.45, 2.75) is 154 Å². The molecule has 0 amide bonds. The maximum absolute atomic E-state index is 3.78. The van der Waals surface area contributed by atoms with Gasteiger partial charge in [0.05, 0.1) is 12.5 Å².